The first-order valence-corrected chi connectivity index (χ1v) is 16.5. The molecular formula is C37H26ClF5N2O5S. The van der Waals surface area contributed by atoms with E-state index in [-0.39, 0.29) is 40.5 Å². The van der Waals surface area contributed by atoms with Crippen LogP contribution in [0.2, 0.25) is 5.02 Å². The Morgan fingerprint density at radius 3 is 2.10 bits per heavy atom. The van der Waals surface area contributed by atoms with Crippen molar-refractivity contribution in [3.05, 3.63) is 161 Å². The zero-order valence-electron chi connectivity index (χ0n) is 26.5. The number of hydrogen-bond donors (Lipinski definition) is 0. The molecule has 0 fully saturated rings. The van der Waals surface area contributed by atoms with Gasteiger partial charge in [-0.2, -0.15) is 13.2 Å². The van der Waals surface area contributed by atoms with Crippen molar-refractivity contribution in [2.24, 2.45) is 4.99 Å². The fourth-order valence-electron chi connectivity index (χ4n) is 5.28. The molecule has 4 aromatic carbocycles. The summed E-state index contributed by atoms with van der Waals surface area (Å²) in [5.41, 5.74) is -1.16. The normalized spacial score (nSPS) is 14.6. The van der Waals surface area contributed by atoms with Crippen LogP contribution in [0.5, 0.6) is 11.5 Å². The van der Waals surface area contributed by atoms with Gasteiger partial charge in [0.15, 0.2) is 10.5 Å². The second kappa shape index (κ2) is 14.9. The van der Waals surface area contributed by atoms with Crippen molar-refractivity contribution in [2.45, 2.75) is 32.4 Å². The Kier molecular flexibility index (Phi) is 10.4. The fourth-order valence-corrected chi connectivity index (χ4v) is 6.40. The minimum atomic E-state index is -5.06. The Bertz CT molecular complexity index is 2280. The van der Waals surface area contributed by atoms with Gasteiger partial charge < -0.3 is 14.2 Å². The standard InChI is InChI=1S/C37H26ClF5N2O5S/c1-2-48-35(47)31-32(23-7-10-25(38)11-8-23)45-34(46)30(51-36(45)44-33(31)37(41,42)43)17-24-9-16-28(49-19-21-3-12-26(39)13-4-21)18-29(24)50-20-22-5-14-27(40)15-6-22/h3-18,32H,2,19-20H2,1H3/b30-17+/t32-/m1/s1. The number of ether oxygens (including phenoxy) is 3. The van der Waals surface area contributed by atoms with Crippen molar-refractivity contribution in [3.8, 4) is 11.5 Å². The van der Waals surface area contributed by atoms with E-state index in [0.29, 0.717) is 38.8 Å². The largest absolute Gasteiger partial charge is 0.489 e. The van der Waals surface area contributed by atoms with Crippen molar-refractivity contribution in [1.29, 1.82) is 0 Å². The summed E-state index contributed by atoms with van der Waals surface area (Å²) in [7, 11) is 0. The number of fused-ring (bicyclic) bond motifs is 1. The molecule has 0 bridgehead atoms. The minimum Gasteiger partial charge on any atom is -0.489 e. The number of halogens is 6. The van der Waals surface area contributed by atoms with Gasteiger partial charge in [-0.05, 0) is 78.2 Å². The first-order chi connectivity index (χ1) is 24.4. The lowest BCUT2D eigenvalue weighted by Crippen LogP contribution is -2.41. The van der Waals surface area contributed by atoms with Crippen molar-refractivity contribution >= 4 is 35.0 Å². The number of esters is 1. The maximum atomic E-state index is 14.5. The zero-order valence-corrected chi connectivity index (χ0v) is 28.1. The predicted molar refractivity (Wildman–Crippen MR) is 180 cm³/mol. The van der Waals surface area contributed by atoms with Gasteiger partial charge in [-0.15, -0.1) is 0 Å². The third-order valence-electron chi connectivity index (χ3n) is 7.68. The van der Waals surface area contributed by atoms with Gasteiger partial charge >= 0.3 is 12.1 Å². The number of benzene rings is 4. The second-order valence-electron chi connectivity index (χ2n) is 11.1. The van der Waals surface area contributed by atoms with Crippen LogP contribution in [0, 0.1) is 11.6 Å². The van der Waals surface area contributed by atoms with Crippen molar-refractivity contribution in [3.63, 3.8) is 0 Å². The van der Waals surface area contributed by atoms with Gasteiger partial charge in [0.25, 0.3) is 5.56 Å². The number of hydrogen-bond acceptors (Lipinski definition) is 7. The Morgan fingerprint density at radius 2 is 1.51 bits per heavy atom. The van der Waals surface area contributed by atoms with Gasteiger partial charge in [-0.3, -0.25) is 9.36 Å². The van der Waals surface area contributed by atoms with E-state index in [0.717, 1.165) is 4.57 Å². The van der Waals surface area contributed by atoms with Gasteiger partial charge in [-0.1, -0.05) is 59.3 Å². The van der Waals surface area contributed by atoms with Crippen LogP contribution in [0.4, 0.5) is 22.0 Å². The molecule has 1 aliphatic rings. The molecule has 0 amide bonds. The van der Waals surface area contributed by atoms with Gasteiger partial charge in [-0.25, -0.2) is 18.6 Å². The quantitative estimate of drug-likeness (QED) is 0.110. The van der Waals surface area contributed by atoms with Crippen LogP contribution in [0.1, 0.15) is 35.2 Å². The topological polar surface area (TPSA) is 79.1 Å². The van der Waals surface area contributed by atoms with E-state index in [9.17, 15) is 31.5 Å². The smallest absolute Gasteiger partial charge is 0.434 e. The summed E-state index contributed by atoms with van der Waals surface area (Å²) in [6.07, 6.45) is -3.62. The summed E-state index contributed by atoms with van der Waals surface area (Å²) < 4.78 is 88.4. The first kappa shape index (κ1) is 35.6. The fraction of sp³-hybridized carbons (Fsp3) is 0.162. The van der Waals surface area contributed by atoms with E-state index in [1.54, 1.807) is 30.3 Å². The lowest BCUT2D eigenvalue weighted by molar-refractivity contribution is -0.140. The number of allylic oxidation sites excluding steroid dienone is 1. The first-order valence-electron chi connectivity index (χ1n) is 15.4. The minimum absolute atomic E-state index is 0.00179. The Labute approximate surface area is 296 Å². The van der Waals surface area contributed by atoms with Crippen LogP contribution in [-0.2, 0) is 22.7 Å². The maximum absolute atomic E-state index is 14.5. The van der Waals surface area contributed by atoms with Crippen LogP contribution in [0.3, 0.4) is 0 Å². The van der Waals surface area contributed by atoms with E-state index in [4.69, 9.17) is 25.8 Å². The monoisotopic (exact) mass is 740 g/mol. The van der Waals surface area contributed by atoms with Gasteiger partial charge in [0, 0.05) is 16.7 Å². The molecule has 0 saturated carbocycles. The van der Waals surface area contributed by atoms with Crippen LogP contribution < -0.4 is 24.4 Å². The highest BCUT2D eigenvalue weighted by molar-refractivity contribution is 7.07. The predicted octanol–water partition coefficient (Wildman–Crippen LogP) is 7.43. The van der Waals surface area contributed by atoms with Gasteiger partial charge in [0.05, 0.1) is 22.8 Å². The number of alkyl halides is 3. The summed E-state index contributed by atoms with van der Waals surface area (Å²) in [6, 6.07) is 20.3. The Hall–Kier alpha value is -5.27. The van der Waals surface area contributed by atoms with Crippen molar-refractivity contribution < 1.29 is 41.0 Å². The highest BCUT2D eigenvalue weighted by Crippen LogP contribution is 2.38. The third-order valence-corrected chi connectivity index (χ3v) is 8.91. The van der Waals surface area contributed by atoms with Crippen LogP contribution in [0.15, 0.2) is 112 Å². The number of nitrogens with zero attached hydrogens (tertiary/aromatic N) is 2. The summed E-state index contributed by atoms with van der Waals surface area (Å²) in [6.45, 7) is 1.34. The number of thiazole rings is 1. The summed E-state index contributed by atoms with van der Waals surface area (Å²) in [5, 5.41) is 0.294. The molecule has 0 N–H and O–H groups in total. The summed E-state index contributed by atoms with van der Waals surface area (Å²) in [5.74, 6) is -1.49. The second-order valence-corrected chi connectivity index (χ2v) is 12.6. The third kappa shape index (κ3) is 8.05. The summed E-state index contributed by atoms with van der Waals surface area (Å²) >= 11 is 6.76. The molecule has 0 saturated heterocycles. The molecular weight excluding hydrogens is 715 g/mol. The average molecular weight is 741 g/mol. The van der Waals surface area contributed by atoms with E-state index >= 15 is 0 Å². The van der Waals surface area contributed by atoms with Crippen LogP contribution >= 0.6 is 22.9 Å². The Balaban J connectivity index is 1.46. The number of aromatic nitrogens is 1. The molecule has 6 rings (SSSR count). The molecule has 262 valence electrons. The molecule has 14 heteroatoms. The Morgan fingerprint density at radius 1 is 0.902 bits per heavy atom. The highest BCUT2D eigenvalue weighted by Gasteiger charge is 2.45. The van der Waals surface area contributed by atoms with Gasteiger partial charge in [0.1, 0.15) is 36.3 Å². The average Bonchev–Trinajstić information content (AvgIpc) is 3.42. The summed E-state index contributed by atoms with van der Waals surface area (Å²) in [4.78, 5) is 30.7. The molecule has 1 aromatic heterocycles. The molecule has 51 heavy (non-hydrogen) atoms. The van der Waals surface area contributed by atoms with Crippen molar-refractivity contribution in [1.82, 2.24) is 4.57 Å². The maximum Gasteiger partial charge on any atom is 0.434 e. The lowest BCUT2D eigenvalue weighted by Gasteiger charge is -2.26. The molecule has 0 spiro atoms. The number of carbonyl (C=O) groups is 1. The molecule has 0 radical (unpaired) electrons. The number of rotatable bonds is 10. The molecule has 5 aromatic rings. The lowest BCUT2D eigenvalue weighted by atomic mass is 9.95. The van der Waals surface area contributed by atoms with Crippen LogP contribution in [0.25, 0.3) is 6.08 Å². The molecule has 2 heterocycles. The van der Waals surface area contributed by atoms with Gasteiger partial charge in [0.2, 0.25) is 0 Å². The number of carbonyl (C=O) groups excluding carboxylic acids is 1. The van der Waals surface area contributed by atoms with Crippen molar-refractivity contribution in [2.75, 3.05) is 6.61 Å². The SMILES string of the molecule is CCOC(=O)C1=C(C(F)(F)F)N=c2s/c(=C/c3ccc(OCc4ccc(F)cc4)cc3OCc3ccc(F)cc3)c(=O)n2[C@@H]1c1ccc(Cl)cc1. The van der Waals surface area contributed by atoms with Crippen LogP contribution in [-0.4, -0.2) is 23.3 Å². The van der Waals surface area contributed by atoms with E-state index < -0.39 is 46.7 Å². The van der Waals surface area contributed by atoms with E-state index in [1.807, 2.05) is 0 Å². The highest BCUT2D eigenvalue weighted by atomic mass is 35.5. The van der Waals surface area contributed by atoms with E-state index in [1.165, 1.54) is 73.7 Å². The molecule has 1 aliphatic heterocycles. The van der Waals surface area contributed by atoms with E-state index in [2.05, 4.69) is 4.99 Å². The molecule has 0 unspecified atom stereocenters. The molecule has 1 atom stereocenters. The molecule has 0 aliphatic carbocycles. The zero-order chi connectivity index (χ0) is 36.3. The molecule has 7 nitrogen and oxygen atoms in total.